The van der Waals surface area contributed by atoms with Gasteiger partial charge in [0, 0.05) is 17.0 Å². The fourth-order valence-electron chi connectivity index (χ4n) is 2.45. The third-order valence-corrected chi connectivity index (χ3v) is 4.62. The monoisotopic (exact) mass is 264 g/mol. The molecule has 1 aromatic rings. The summed E-state index contributed by atoms with van der Waals surface area (Å²) in [6.07, 6.45) is 6.99. The molecule has 1 aliphatic carbocycles. The quantitative estimate of drug-likeness (QED) is 0.902. The highest BCUT2D eigenvalue weighted by atomic mass is 32.2. The number of nitrogens with one attached hydrogen (secondary N) is 1. The van der Waals surface area contributed by atoms with Crippen molar-refractivity contribution >= 4 is 17.4 Å². The first-order valence-corrected chi connectivity index (χ1v) is 7.52. The second-order valence-electron chi connectivity index (χ2n) is 4.62. The van der Waals surface area contributed by atoms with E-state index in [-0.39, 0.29) is 5.56 Å². The van der Waals surface area contributed by atoms with Gasteiger partial charge in [-0.2, -0.15) is 17.0 Å². The van der Waals surface area contributed by atoms with Crippen molar-refractivity contribution in [1.29, 1.82) is 5.26 Å². The van der Waals surface area contributed by atoms with E-state index in [4.69, 9.17) is 5.26 Å². The van der Waals surface area contributed by atoms with Crippen LogP contribution in [0.3, 0.4) is 0 Å². The summed E-state index contributed by atoms with van der Waals surface area (Å²) in [5.41, 5.74) is 0.878. The fourth-order valence-corrected chi connectivity index (χ4v) is 3.39. The van der Waals surface area contributed by atoms with Gasteiger partial charge >= 0.3 is 0 Å². The van der Waals surface area contributed by atoms with E-state index in [9.17, 15) is 4.39 Å². The summed E-state index contributed by atoms with van der Waals surface area (Å²) in [6, 6.07) is 6.99. The zero-order valence-corrected chi connectivity index (χ0v) is 11.3. The lowest BCUT2D eigenvalue weighted by atomic mass is 9.94. The van der Waals surface area contributed by atoms with Crippen molar-refractivity contribution in [3.8, 4) is 6.07 Å². The van der Waals surface area contributed by atoms with Gasteiger partial charge in [0.15, 0.2) is 0 Å². The molecule has 1 fully saturated rings. The Bertz CT molecular complexity index is 456. The summed E-state index contributed by atoms with van der Waals surface area (Å²) >= 11 is 1.88. The van der Waals surface area contributed by atoms with Crippen LogP contribution >= 0.6 is 11.8 Å². The maximum Gasteiger partial charge on any atom is 0.143 e. The molecule has 0 spiro atoms. The first-order chi connectivity index (χ1) is 8.74. The molecule has 2 atom stereocenters. The van der Waals surface area contributed by atoms with Crippen molar-refractivity contribution in [1.82, 2.24) is 0 Å². The van der Waals surface area contributed by atoms with Crippen LogP contribution in [0.4, 0.5) is 10.1 Å². The molecule has 2 rings (SSSR count). The molecule has 18 heavy (non-hydrogen) atoms. The number of hydrogen-bond acceptors (Lipinski definition) is 3. The lowest BCUT2D eigenvalue weighted by molar-refractivity contribution is 0.475. The Kier molecular flexibility index (Phi) is 4.48. The van der Waals surface area contributed by atoms with Crippen molar-refractivity contribution in [3.05, 3.63) is 29.6 Å². The van der Waals surface area contributed by atoms with Crippen LogP contribution in [0.25, 0.3) is 0 Å². The highest BCUT2D eigenvalue weighted by molar-refractivity contribution is 7.99. The minimum Gasteiger partial charge on any atom is -0.381 e. The molecule has 0 amide bonds. The molecule has 0 aromatic heterocycles. The molecule has 2 unspecified atom stereocenters. The van der Waals surface area contributed by atoms with E-state index in [0.29, 0.717) is 11.3 Å². The molecule has 0 bridgehead atoms. The smallest absolute Gasteiger partial charge is 0.143 e. The minimum atomic E-state index is -0.445. The van der Waals surface area contributed by atoms with E-state index in [2.05, 4.69) is 11.6 Å². The number of benzene rings is 1. The topological polar surface area (TPSA) is 35.8 Å². The summed E-state index contributed by atoms with van der Waals surface area (Å²) in [4.78, 5) is 0. The van der Waals surface area contributed by atoms with Crippen LogP contribution in [0.2, 0.25) is 0 Å². The van der Waals surface area contributed by atoms with Gasteiger partial charge in [0.1, 0.15) is 11.9 Å². The van der Waals surface area contributed by atoms with E-state index in [1.807, 2.05) is 17.8 Å². The standard InChI is InChI=1S/C14H17FN2S/c1-18-14-5-3-2-4-13(14)17-11-7-6-10(9-16)12(15)8-11/h6-8,13-14,17H,2-5H2,1H3. The minimum absolute atomic E-state index is 0.102. The number of anilines is 1. The lowest BCUT2D eigenvalue weighted by Gasteiger charge is -2.31. The van der Waals surface area contributed by atoms with Crippen molar-refractivity contribution in [2.45, 2.75) is 37.0 Å². The third kappa shape index (κ3) is 2.97. The molecule has 0 heterocycles. The molecule has 4 heteroatoms. The Morgan fingerprint density at radius 2 is 2.17 bits per heavy atom. The first-order valence-electron chi connectivity index (χ1n) is 6.23. The second-order valence-corrected chi connectivity index (χ2v) is 5.69. The molecule has 1 N–H and O–H groups in total. The number of hydrogen-bond donors (Lipinski definition) is 1. The van der Waals surface area contributed by atoms with E-state index in [1.54, 1.807) is 6.07 Å². The van der Waals surface area contributed by atoms with Crippen LogP contribution in [0.5, 0.6) is 0 Å². The molecule has 1 aliphatic rings. The van der Waals surface area contributed by atoms with Crippen LogP contribution in [0, 0.1) is 17.1 Å². The van der Waals surface area contributed by atoms with Gasteiger partial charge in [-0.25, -0.2) is 4.39 Å². The maximum absolute atomic E-state index is 13.5. The Balaban J connectivity index is 2.08. The van der Waals surface area contributed by atoms with Crippen LogP contribution < -0.4 is 5.32 Å². The summed E-state index contributed by atoms with van der Waals surface area (Å²) in [7, 11) is 0. The number of rotatable bonds is 3. The molecule has 0 radical (unpaired) electrons. The van der Waals surface area contributed by atoms with Crippen molar-refractivity contribution in [2.24, 2.45) is 0 Å². The highest BCUT2D eigenvalue weighted by Gasteiger charge is 2.24. The van der Waals surface area contributed by atoms with E-state index in [1.165, 1.54) is 31.4 Å². The van der Waals surface area contributed by atoms with Crippen LogP contribution in [-0.2, 0) is 0 Å². The Labute approximate surface area is 112 Å². The Hall–Kier alpha value is -1.21. The van der Waals surface area contributed by atoms with Crippen molar-refractivity contribution in [2.75, 3.05) is 11.6 Å². The summed E-state index contributed by atoms with van der Waals surface area (Å²) in [5, 5.41) is 12.7. The first kappa shape index (κ1) is 13.2. The largest absolute Gasteiger partial charge is 0.381 e. The predicted octanol–water partition coefficient (Wildman–Crippen LogP) is 3.78. The highest BCUT2D eigenvalue weighted by Crippen LogP contribution is 2.29. The molecule has 0 aliphatic heterocycles. The number of nitrogens with zero attached hydrogens (tertiary/aromatic N) is 1. The SMILES string of the molecule is CSC1CCCCC1Nc1ccc(C#N)c(F)c1. The summed E-state index contributed by atoms with van der Waals surface area (Å²) in [5.74, 6) is -0.445. The summed E-state index contributed by atoms with van der Waals surface area (Å²) in [6.45, 7) is 0. The molecule has 96 valence electrons. The number of halogens is 1. The molecule has 0 saturated heterocycles. The van der Waals surface area contributed by atoms with Gasteiger partial charge in [-0.3, -0.25) is 0 Å². The van der Waals surface area contributed by atoms with Gasteiger partial charge in [-0.15, -0.1) is 0 Å². The molecular formula is C14H17FN2S. The Morgan fingerprint density at radius 1 is 1.39 bits per heavy atom. The van der Waals surface area contributed by atoms with Crippen LogP contribution in [0.1, 0.15) is 31.2 Å². The zero-order valence-electron chi connectivity index (χ0n) is 10.4. The van der Waals surface area contributed by atoms with Gasteiger partial charge < -0.3 is 5.32 Å². The van der Waals surface area contributed by atoms with Crippen molar-refractivity contribution < 1.29 is 4.39 Å². The molecule has 1 aromatic carbocycles. The van der Waals surface area contributed by atoms with Gasteiger partial charge in [0.2, 0.25) is 0 Å². The maximum atomic E-state index is 13.5. The van der Waals surface area contributed by atoms with Crippen molar-refractivity contribution in [3.63, 3.8) is 0 Å². The van der Waals surface area contributed by atoms with Gasteiger partial charge in [-0.05, 0) is 37.3 Å². The average molecular weight is 264 g/mol. The van der Waals surface area contributed by atoms with Crippen LogP contribution in [0.15, 0.2) is 18.2 Å². The number of nitriles is 1. The fraction of sp³-hybridized carbons (Fsp3) is 0.500. The average Bonchev–Trinajstić information content (AvgIpc) is 2.39. The van der Waals surface area contributed by atoms with E-state index >= 15 is 0 Å². The van der Waals surface area contributed by atoms with Gasteiger partial charge in [-0.1, -0.05) is 12.8 Å². The second kappa shape index (κ2) is 6.10. The summed E-state index contributed by atoms with van der Waals surface area (Å²) < 4.78 is 13.5. The molecule has 1 saturated carbocycles. The van der Waals surface area contributed by atoms with E-state index in [0.717, 1.165) is 12.1 Å². The Morgan fingerprint density at radius 3 is 2.83 bits per heavy atom. The number of thioether (sulfide) groups is 1. The normalized spacial score (nSPS) is 23.4. The molecule has 2 nitrogen and oxygen atoms in total. The van der Waals surface area contributed by atoms with E-state index < -0.39 is 5.82 Å². The van der Waals surface area contributed by atoms with Crippen LogP contribution in [-0.4, -0.2) is 17.5 Å². The van der Waals surface area contributed by atoms with Gasteiger partial charge in [0.25, 0.3) is 0 Å². The lowest BCUT2D eigenvalue weighted by Crippen LogP contribution is -2.34. The predicted molar refractivity (Wildman–Crippen MR) is 74.3 cm³/mol. The third-order valence-electron chi connectivity index (χ3n) is 3.45. The van der Waals surface area contributed by atoms with Gasteiger partial charge in [0.05, 0.1) is 5.56 Å². The zero-order chi connectivity index (χ0) is 13.0. The molecular weight excluding hydrogens is 247 g/mol.